The molecule has 3 aromatic rings. The summed E-state index contributed by atoms with van der Waals surface area (Å²) in [5.41, 5.74) is 3.83. The second kappa shape index (κ2) is 8.22. The maximum Gasteiger partial charge on any atom is 0.308 e. The Labute approximate surface area is 160 Å². The lowest BCUT2D eigenvalue weighted by Gasteiger charge is -2.16. The van der Waals surface area contributed by atoms with Crippen LogP contribution < -0.4 is 4.74 Å². The topological polar surface area (TPSA) is 26.3 Å². The Balaban J connectivity index is 2.32. The van der Waals surface area contributed by atoms with Crippen LogP contribution in [-0.4, -0.2) is 5.97 Å². The highest BCUT2D eigenvalue weighted by molar-refractivity contribution is 7.25. The Morgan fingerprint density at radius 3 is 2.46 bits per heavy atom. The Morgan fingerprint density at radius 1 is 1.04 bits per heavy atom. The first-order chi connectivity index (χ1) is 12.5. The molecule has 0 aliphatic heterocycles. The molecule has 0 amide bonds. The number of ether oxygens (including phenoxy) is 1. The molecule has 0 saturated carbocycles. The van der Waals surface area contributed by atoms with Crippen LogP contribution in [0.5, 0.6) is 5.75 Å². The molecular formula is C23H28O2S. The van der Waals surface area contributed by atoms with Crippen LogP contribution in [-0.2, 0) is 17.6 Å². The van der Waals surface area contributed by atoms with E-state index < -0.39 is 0 Å². The van der Waals surface area contributed by atoms with Gasteiger partial charge >= 0.3 is 5.97 Å². The van der Waals surface area contributed by atoms with Crippen molar-refractivity contribution in [3.63, 3.8) is 0 Å². The highest BCUT2D eigenvalue weighted by Gasteiger charge is 2.20. The van der Waals surface area contributed by atoms with Gasteiger partial charge in [-0.2, -0.15) is 0 Å². The third-order valence-corrected chi connectivity index (χ3v) is 6.01. The minimum atomic E-state index is -0.233. The molecule has 0 radical (unpaired) electrons. The van der Waals surface area contributed by atoms with Crippen LogP contribution in [0.1, 0.15) is 63.1 Å². The molecule has 2 nitrogen and oxygen atoms in total. The van der Waals surface area contributed by atoms with E-state index >= 15 is 0 Å². The van der Waals surface area contributed by atoms with E-state index in [1.165, 1.54) is 44.8 Å². The van der Waals surface area contributed by atoms with Gasteiger partial charge in [0.1, 0.15) is 5.75 Å². The molecule has 1 aromatic heterocycles. The van der Waals surface area contributed by atoms with Gasteiger partial charge in [0, 0.05) is 27.1 Å². The molecule has 2 aromatic carbocycles. The summed E-state index contributed by atoms with van der Waals surface area (Å²) in [6.07, 6.45) is 6.59. The van der Waals surface area contributed by atoms with E-state index in [-0.39, 0.29) is 5.97 Å². The predicted molar refractivity (Wildman–Crippen MR) is 113 cm³/mol. The van der Waals surface area contributed by atoms with Gasteiger partial charge in [0.25, 0.3) is 0 Å². The average Bonchev–Trinajstić information content (AvgIpc) is 2.96. The highest BCUT2D eigenvalue weighted by atomic mass is 32.1. The fourth-order valence-corrected chi connectivity index (χ4v) is 4.73. The molecule has 0 aliphatic carbocycles. The van der Waals surface area contributed by atoms with E-state index in [1.54, 1.807) is 11.3 Å². The summed E-state index contributed by atoms with van der Waals surface area (Å²) >= 11 is 1.80. The fourth-order valence-electron chi connectivity index (χ4n) is 3.58. The van der Waals surface area contributed by atoms with Crippen LogP contribution in [0.15, 0.2) is 24.3 Å². The van der Waals surface area contributed by atoms with Crippen molar-refractivity contribution in [2.75, 3.05) is 0 Å². The van der Waals surface area contributed by atoms with Gasteiger partial charge in [-0.05, 0) is 61.9 Å². The summed E-state index contributed by atoms with van der Waals surface area (Å²) in [4.78, 5) is 11.9. The van der Waals surface area contributed by atoms with Gasteiger partial charge in [-0.25, -0.2) is 0 Å². The van der Waals surface area contributed by atoms with Crippen LogP contribution in [0, 0.1) is 6.92 Å². The molecular weight excluding hydrogens is 340 g/mol. The van der Waals surface area contributed by atoms with Gasteiger partial charge in [-0.1, -0.05) is 38.3 Å². The van der Waals surface area contributed by atoms with E-state index in [2.05, 4.69) is 45.0 Å². The van der Waals surface area contributed by atoms with Crippen LogP contribution in [0.25, 0.3) is 20.2 Å². The Kier molecular flexibility index (Phi) is 5.98. The first kappa shape index (κ1) is 18.9. The lowest BCUT2D eigenvalue weighted by atomic mass is 9.94. The molecule has 3 rings (SSSR count). The van der Waals surface area contributed by atoms with Crippen LogP contribution in [0.3, 0.4) is 0 Å². The van der Waals surface area contributed by atoms with E-state index in [0.717, 1.165) is 43.2 Å². The number of unbranched alkanes of at least 4 members (excludes halogenated alkanes) is 2. The number of aryl methyl sites for hydroxylation is 2. The van der Waals surface area contributed by atoms with Crippen molar-refractivity contribution in [3.8, 4) is 5.75 Å². The van der Waals surface area contributed by atoms with E-state index in [4.69, 9.17) is 4.74 Å². The maximum atomic E-state index is 11.9. The van der Waals surface area contributed by atoms with Crippen LogP contribution in [0.4, 0.5) is 0 Å². The van der Waals surface area contributed by atoms with Crippen molar-refractivity contribution in [1.82, 2.24) is 0 Å². The quantitative estimate of drug-likeness (QED) is 0.332. The highest BCUT2D eigenvalue weighted by Crippen LogP contribution is 2.44. The number of hydrogen-bond donors (Lipinski definition) is 0. The third-order valence-electron chi connectivity index (χ3n) is 4.89. The zero-order chi connectivity index (χ0) is 18.7. The largest absolute Gasteiger partial charge is 0.426 e. The predicted octanol–water partition coefficient (Wildman–Crippen LogP) is 6.97. The first-order valence-corrected chi connectivity index (χ1v) is 10.5. The van der Waals surface area contributed by atoms with Crippen molar-refractivity contribution in [2.45, 2.75) is 66.2 Å². The fraction of sp³-hybridized carbons (Fsp3) is 0.435. The summed E-state index contributed by atoms with van der Waals surface area (Å²) in [5.74, 6) is 0.579. The van der Waals surface area contributed by atoms with Crippen molar-refractivity contribution >= 4 is 37.5 Å². The van der Waals surface area contributed by atoms with Crippen molar-refractivity contribution < 1.29 is 9.53 Å². The Bertz CT molecular complexity index is 936. The molecule has 0 bridgehead atoms. The van der Waals surface area contributed by atoms with Gasteiger partial charge in [0.05, 0.1) is 0 Å². The summed E-state index contributed by atoms with van der Waals surface area (Å²) in [5, 5.41) is 2.33. The first-order valence-electron chi connectivity index (χ1n) is 9.71. The van der Waals surface area contributed by atoms with Gasteiger partial charge in [0.2, 0.25) is 0 Å². The van der Waals surface area contributed by atoms with Crippen LogP contribution in [0.2, 0.25) is 0 Å². The molecule has 1 heterocycles. The van der Waals surface area contributed by atoms with Gasteiger partial charge in [-0.3, -0.25) is 4.79 Å². The third kappa shape index (κ3) is 3.78. The Morgan fingerprint density at radius 2 is 1.77 bits per heavy atom. The van der Waals surface area contributed by atoms with E-state index in [9.17, 15) is 4.79 Å². The standard InChI is InChI=1S/C23H28O2S/c1-5-7-9-17-14-21-22(19-13-15(3)11-12-20(19)26-21)23(25-16(4)24)18(17)10-8-6-2/h11-14H,5-10H2,1-4H3. The van der Waals surface area contributed by atoms with E-state index in [1.807, 2.05) is 0 Å². The monoisotopic (exact) mass is 368 g/mol. The SMILES string of the molecule is CCCCc1cc2sc3ccc(C)cc3c2c(OC(C)=O)c1CCCC. The maximum absolute atomic E-state index is 11.9. The number of fused-ring (bicyclic) bond motifs is 3. The summed E-state index contributed by atoms with van der Waals surface area (Å²) in [7, 11) is 0. The lowest BCUT2D eigenvalue weighted by molar-refractivity contribution is -0.131. The van der Waals surface area contributed by atoms with Crippen molar-refractivity contribution in [3.05, 3.63) is 41.0 Å². The number of thiophene rings is 1. The second-order valence-corrected chi connectivity index (χ2v) is 8.20. The number of esters is 1. The zero-order valence-electron chi connectivity index (χ0n) is 16.3. The number of carbonyl (C=O) groups excluding carboxylic acids is 1. The average molecular weight is 369 g/mol. The molecule has 0 N–H and O–H groups in total. The minimum Gasteiger partial charge on any atom is -0.426 e. The second-order valence-electron chi connectivity index (χ2n) is 7.12. The summed E-state index contributed by atoms with van der Waals surface area (Å²) < 4.78 is 8.34. The zero-order valence-corrected chi connectivity index (χ0v) is 17.1. The van der Waals surface area contributed by atoms with Gasteiger partial charge in [0.15, 0.2) is 0 Å². The summed E-state index contributed by atoms with van der Waals surface area (Å²) in [6, 6.07) is 8.91. The van der Waals surface area contributed by atoms with E-state index in [0.29, 0.717) is 0 Å². The van der Waals surface area contributed by atoms with Gasteiger partial charge < -0.3 is 4.74 Å². The molecule has 0 saturated heterocycles. The molecule has 0 spiro atoms. The summed E-state index contributed by atoms with van der Waals surface area (Å²) in [6.45, 7) is 8.05. The smallest absolute Gasteiger partial charge is 0.308 e. The molecule has 0 fully saturated rings. The normalized spacial score (nSPS) is 11.4. The molecule has 3 heteroatoms. The molecule has 26 heavy (non-hydrogen) atoms. The number of carbonyl (C=O) groups is 1. The number of hydrogen-bond acceptors (Lipinski definition) is 3. The molecule has 0 unspecified atom stereocenters. The van der Waals surface area contributed by atoms with Gasteiger partial charge in [-0.15, -0.1) is 11.3 Å². The number of rotatable bonds is 7. The Hall–Kier alpha value is -1.87. The molecule has 0 atom stereocenters. The molecule has 138 valence electrons. The molecule has 0 aliphatic rings. The lowest BCUT2D eigenvalue weighted by Crippen LogP contribution is -2.07. The van der Waals surface area contributed by atoms with Crippen LogP contribution >= 0.6 is 11.3 Å². The van der Waals surface area contributed by atoms with Crippen molar-refractivity contribution in [2.24, 2.45) is 0 Å². The van der Waals surface area contributed by atoms with Crippen molar-refractivity contribution in [1.29, 1.82) is 0 Å². The minimum absolute atomic E-state index is 0.233. The number of benzene rings is 2.